The number of likely N-dealkylation sites (tertiary alicyclic amines) is 1. The number of nitrogens with zero attached hydrogens (tertiary/aromatic N) is 3. The van der Waals surface area contributed by atoms with E-state index in [0.717, 1.165) is 45.6 Å². The third kappa shape index (κ3) is 3.26. The predicted molar refractivity (Wildman–Crippen MR) is 90.4 cm³/mol. The van der Waals surface area contributed by atoms with Gasteiger partial charge in [-0.3, -0.25) is 9.88 Å². The third-order valence-electron chi connectivity index (χ3n) is 5.00. The Hall–Kier alpha value is -1.85. The van der Waals surface area contributed by atoms with Crippen LogP contribution in [0.3, 0.4) is 0 Å². The van der Waals surface area contributed by atoms with E-state index in [1.807, 2.05) is 24.7 Å². The molecule has 4 rings (SSSR count). The van der Waals surface area contributed by atoms with Crippen LogP contribution in [0.25, 0.3) is 0 Å². The van der Waals surface area contributed by atoms with Gasteiger partial charge in [0.05, 0.1) is 30.6 Å². The number of nitrogens with one attached hydrogen (secondary N) is 1. The Morgan fingerprint density at radius 3 is 2.96 bits per heavy atom. The molecule has 23 heavy (non-hydrogen) atoms. The van der Waals surface area contributed by atoms with Crippen LogP contribution in [0.2, 0.25) is 0 Å². The first-order valence-corrected chi connectivity index (χ1v) is 8.53. The summed E-state index contributed by atoms with van der Waals surface area (Å²) in [6, 6.07) is 8.88. The molecule has 0 radical (unpaired) electrons. The van der Waals surface area contributed by atoms with E-state index in [1.165, 1.54) is 11.4 Å². The van der Waals surface area contributed by atoms with E-state index < -0.39 is 0 Å². The van der Waals surface area contributed by atoms with Crippen molar-refractivity contribution in [2.45, 2.75) is 31.5 Å². The van der Waals surface area contributed by atoms with Gasteiger partial charge in [-0.2, -0.15) is 0 Å². The molecule has 5 nitrogen and oxygen atoms in total. The Morgan fingerprint density at radius 2 is 2.13 bits per heavy atom. The summed E-state index contributed by atoms with van der Waals surface area (Å²) in [7, 11) is 0. The minimum absolute atomic E-state index is 0.331. The van der Waals surface area contributed by atoms with Gasteiger partial charge in [-0.1, -0.05) is 0 Å². The number of rotatable bonds is 3. The van der Waals surface area contributed by atoms with Crippen LogP contribution in [0, 0.1) is 0 Å². The Bertz CT molecular complexity index is 601. The summed E-state index contributed by atoms with van der Waals surface area (Å²) in [6.45, 7) is 4.98. The van der Waals surface area contributed by atoms with Crippen LogP contribution in [0.5, 0.6) is 0 Å². The zero-order valence-electron chi connectivity index (χ0n) is 13.4. The Kier molecular flexibility index (Phi) is 4.30. The quantitative estimate of drug-likeness (QED) is 0.944. The number of pyridine rings is 1. The van der Waals surface area contributed by atoms with Crippen molar-refractivity contribution in [1.29, 1.82) is 0 Å². The first kappa shape index (κ1) is 14.7. The van der Waals surface area contributed by atoms with Crippen molar-refractivity contribution in [3.63, 3.8) is 0 Å². The van der Waals surface area contributed by atoms with Crippen molar-refractivity contribution in [2.24, 2.45) is 0 Å². The number of H-pyrrole nitrogens is 1. The third-order valence-corrected chi connectivity index (χ3v) is 5.00. The Morgan fingerprint density at radius 1 is 1.17 bits per heavy atom. The summed E-state index contributed by atoms with van der Waals surface area (Å²) in [6.07, 6.45) is 8.39. The molecule has 2 aliphatic rings. The normalized spacial score (nSPS) is 25.8. The molecule has 0 bridgehead atoms. The minimum atomic E-state index is 0.331. The molecule has 0 spiro atoms. The molecule has 0 aliphatic carbocycles. The van der Waals surface area contributed by atoms with Crippen molar-refractivity contribution in [1.82, 2.24) is 14.9 Å². The van der Waals surface area contributed by atoms with E-state index in [-0.39, 0.29) is 0 Å². The number of aromatic nitrogens is 2. The molecule has 1 N–H and O–H groups in total. The molecule has 2 saturated heterocycles. The van der Waals surface area contributed by atoms with Crippen LogP contribution in [0.4, 0.5) is 5.69 Å². The summed E-state index contributed by atoms with van der Waals surface area (Å²) < 4.78 is 6.10. The SMILES string of the molecule is c1cncc(N2CCO[C@@H]3CCN(Cc4ccc[nH]4)CC[C@H]32)c1. The second kappa shape index (κ2) is 6.72. The maximum absolute atomic E-state index is 6.10. The summed E-state index contributed by atoms with van der Waals surface area (Å²) in [5.74, 6) is 0. The number of hydrogen-bond donors (Lipinski definition) is 1. The van der Waals surface area contributed by atoms with E-state index in [1.54, 1.807) is 0 Å². The second-order valence-corrected chi connectivity index (χ2v) is 6.43. The van der Waals surface area contributed by atoms with Gasteiger partial charge in [-0.05, 0) is 37.1 Å². The topological polar surface area (TPSA) is 44.4 Å². The molecule has 2 aromatic heterocycles. The number of hydrogen-bond acceptors (Lipinski definition) is 4. The second-order valence-electron chi connectivity index (χ2n) is 6.43. The van der Waals surface area contributed by atoms with Crippen molar-refractivity contribution in [2.75, 3.05) is 31.1 Å². The number of ether oxygens (including phenoxy) is 1. The monoisotopic (exact) mass is 312 g/mol. The maximum Gasteiger partial charge on any atom is 0.0791 e. The van der Waals surface area contributed by atoms with E-state index in [4.69, 9.17) is 4.74 Å². The number of aromatic amines is 1. The predicted octanol–water partition coefficient (Wildman–Crippen LogP) is 2.28. The smallest absolute Gasteiger partial charge is 0.0791 e. The highest BCUT2D eigenvalue weighted by atomic mass is 16.5. The van der Waals surface area contributed by atoms with Crippen molar-refractivity contribution >= 4 is 5.69 Å². The molecule has 2 atom stereocenters. The largest absolute Gasteiger partial charge is 0.374 e. The maximum atomic E-state index is 6.10. The Labute approximate surface area is 137 Å². The highest BCUT2D eigenvalue weighted by molar-refractivity contribution is 5.45. The lowest BCUT2D eigenvalue weighted by atomic mass is 10.0. The van der Waals surface area contributed by atoms with Crippen LogP contribution >= 0.6 is 0 Å². The lowest BCUT2D eigenvalue weighted by Crippen LogP contribution is -2.51. The fraction of sp³-hybridized carbons (Fsp3) is 0.500. The van der Waals surface area contributed by atoms with Gasteiger partial charge in [0.2, 0.25) is 0 Å². The lowest BCUT2D eigenvalue weighted by molar-refractivity contribution is 0.00892. The van der Waals surface area contributed by atoms with Crippen LogP contribution in [-0.2, 0) is 11.3 Å². The fourth-order valence-electron chi connectivity index (χ4n) is 3.84. The van der Waals surface area contributed by atoms with Gasteiger partial charge in [-0.25, -0.2) is 0 Å². The molecule has 2 fully saturated rings. The standard InChI is InChI=1S/C18H24N4O/c1-3-15(20-8-1)14-21-9-5-17-18(6-10-21)23-12-11-22(17)16-4-2-7-19-13-16/h1-4,7-8,13,17-18,20H,5-6,9-12,14H2/t17-,18-/m1/s1. The number of fused-ring (bicyclic) bond motifs is 1. The molecule has 122 valence electrons. The highest BCUT2D eigenvalue weighted by Gasteiger charge is 2.34. The molecular weight excluding hydrogens is 288 g/mol. The molecule has 0 aromatic carbocycles. The van der Waals surface area contributed by atoms with Crippen LogP contribution in [0.1, 0.15) is 18.5 Å². The van der Waals surface area contributed by atoms with Gasteiger partial charge >= 0.3 is 0 Å². The average molecular weight is 312 g/mol. The summed E-state index contributed by atoms with van der Waals surface area (Å²) in [4.78, 5) is 12.6. The number of anilines is 1. The zero-order chi connectivity index (χ0) is 15.5. The summed E-state index contributed by atoms with van der Waals surface area (Å²) >= 11 is 0. The average Bonchev–Trinajstić information content (AvgIpc) is 3.02. The molecule has 2 aliphatic heterocycles. The van der Waals surface area contributed by atoms with Crippen LogP contribution in [-0.4, -0.2) is 53.3 Å². The van der Waals surface area contributed by atoms with Gasteiger partial charge in [0.25, 0.3) is 0 Å². The van der Waals surface area contributed by atoms with Gasteiger partial charge in [0, 0.05) is 44.3 Å². The molecule has 2 aromatic rings. The van der Waals surface area contributed by atoms with E-state index in [2.05, 4.69) is 38.0 Å². The van der Waals surface area contributed by atoms with Crippen LogP contribution < -0.4 is 4.90 Å². The van der Waals surface area contributed by atoms with Gasteiger partial charge in [0.15, 0.2) is 0 Å². The zero-order valence-corrected chi connectivity index (χ0v) is 13.4. The fourth-order valence-corrected chi connectivity index (χ4v) is 3.84. The van der Waals surface area contributed by atoms with Gasteiger partial charge in [0.1, 0.15) is 0 Å². The Balaban J connectivity index is 1.47. The van der Waals surface area contributed by atoms with Crippen LogP contribution in [0.15, 0.2) is 42.9 Å². The summed E-state index contributed by atoms with van der Waals surface area (Å²) in [5.41, 5.74) is 2.52. The molecule has 0 amide bonds. The number of morpholine rings is 1. The molecular formula is C18H24N4O. The van der Waals surface area contributed by atoms with Gasteiger partial charge in [-0.15, -0.1) is 0 Å². The van der Waals surface area contributed by atoms with E-state index in [9.17, 15) is 0 Å². The van der Waals surface area contributed by atoms with Crippen molar-refractivity contribution in [3.8, 4) is 0 Å². The van der Waals surface area contributed by atoms with Crippen molar-refractivity contribution < 1.29 is 4.74 Å². The summed E-state index contributed by atoms with van der Waals surface area (Å²) in [5, 5.41) is 0. The van der Waals surface area contributed by atoms with Crippen molar-refractivity contribution in [3.05, 3.63) is 48.5 Å². The lowest BCUT2D eigenvalue weighted by Gasteiger charge is -2.41. The molecule has 5 heteroatoms. The van der Waals surface area contributed by atoms with E-state index >= 15 is 0 Å². The molecule has 4 heterocycles. The molecule has 0 saturated carbocycles. The van der Waals surface area contributed by atoms with E-state index in [0.29, 0.717) is 12.1 Å². The van der Waals surface area contributed by atoms with Gasteiger partial charge < -0.3 is 14.6 Å². The minimum Gasteiger partial charge on any atom is -0.374 e. The first-order chi connectivity index (χ1) is 11.4. The molecule has 0 unspecified atom stereocenters. The first-order valence-electron chi connectivity index (χ1n) is 8.53. The highest BCUT2D eigenvalue weighted by Crippen LogP contribution is 2.28.